The SMILES string of the molecule is CC.CC.Cc1ccc(-c2ccc3cc(C)ccc3c2)cc1. The molecule has 0 aliphatic carbocycles. The minimum absolute atomic E-state index is 1.28. The third kappa shape index (κ3) is 4.46. The summed E-state index contributed by atoms with van der Waals surface area (Å²) in [6.45, 7) is 12.3. The monoisotopic (exact) mass is 292 g/mol. The van der Waals surface area contributed by atoms with Crippen LogP contribution in [-0.2, 0) is 0 Å². The molecule has 0 aliphatic heterocycles. The molecule has 3 aromatic carbocycles. The first-order valence-corrected chi connectivity index (χ1v) is 8.30. The van der Waals surface area contributed by atoms with Gasteiger partial charge in [-0.2, -0.15) is 0 Å². The van der Waals surface area contributed by atoms with E-state index < -0.39 is 0 Å². The van der Waals surface area contributed by atoms with Crippen LogP contribution in [0.25, 0.3) is 21.9 Å². The molecule has 0 aliphatic rings. The molecule has 0 heteroatoms. The summed E-state index contributed by atoms with van der Waals surface area (Å²) < 4.78 is 0. The summed E-state index contributed by atoms with van der Waals surface area (Å²) in [6, 6.07) is 22.0. The predicted molar refractivity (Wildman–Crippen MR) is 102 cm³/mol. The third-order valence-electron chi connectivity index (χ3n) is 3.38. The van der Waals surface area contributed by atoms with Gasteiger partial charge in [-0.15, -0.1) is 0 Å². The van der Waals surface area contributed by atoms with E-state index in [2.05, 4.69) is 74.5 Å². The Kier molecular flexibility index (Phi) is 7.39. The van der Waals surface area contributed by atoms with Crippen molar-refractivity contribution in [3.8, 4) is 11.1 Å². The first kappa shape index (κ1) is 18.0. The van der Waals surface area contributed by atoms with Crippen molar-refractivity contribution in [1.82, 2.24) is 0 Å². The van der Waals surface area contributed by atoms with Gasteiger partial charge < -0.3 is 0 Å². The average molecular weight is 292 g/mol. The molecule has 0 saturated carbocycles. The molecule has 0 bridgehead atoms. The van der Waals surface area contributed by atoms with Gasteiger partial charge in [-0.05, 0) is 41.8 Å². The lowest BCUT2D eigenvalue weighted by atomic mass is 9.99. The summed E-state index contributed by atoms with van der Waals surface area (Å²) in [6.07, 6.45) is 0. The number of fused-ring (bicyclic) bond motifs is 1. The molecule has 0 aromatic heterocycles. The molecule has 3 aromatic rings. The van der Waals surface area contributed by atoms with Crippen molar-refractivity contribution in [1.29, 1.82) is 0 Å². The van der Waals surface area contributed by atoms with E-state index >= 15 is 0 Å². The molecular weight excluding hydrogens is 264 g/mol. The molecule has 0 N–H and O–H groups in total. The summed E-state index contributed by atoms with van der Waals surface area (Å²) in [5.74, 6) is 0. The molecule has 3 rings (SSSR count). The molecule has 0 radical (unpaired) electrons. The van der Waals surface area contributed by atoms with Crippen LogP contribution in [-0.4, -0.2) is 0 Å². The van der Waals surface area contributed by atoms with Crippen LogP contribution in [0.2, 0.25) is 0 Å². The first-order chi connectivity index (χ1) is 10.7. The Morgan fingerprint density at radius 2 is 0.909 bits per heavy atom. The lowest BCUT2D eigenvalue weighted by molar-refractivity contribution is 1.47. The zero-order chi connectivity index (χ0) is 16.5. The fourth-order valence-corrected chi connectivity index (χ4v) is 2.29. The summed E-state index contributed by atoms with van der Waals surface area (Å²) in [5, 5.41) is 2.62. The van der Waals surface area contributed by atoms with Gasteiger partial charge in [-0.25, -0.2) is 0 Å². The molecule has 116 valence electrons. The van der Waals surface area contributed by atoms with Crippen molar-refractivity contribution in [3.63, 3.8) is 0 Å². The number of hydrogen-bond acceptors (Lipinski definition) is 0. The lowest BCUT2D eigenvalue weighted by Crippen LogP contribution is -1.80. The molecule has 22 heavy (non-hydrogen) atoms. The highest BCUT2D eigenvalue weighted by molar-refractivity contribution is 5.87. The van der Waals surface area contributed by atoms with Crippen molar-refractivity contribution in [2.75, 3.05) is 0 Å². The average Bonchev–Trinajstić information content (AvgIpc) is 2.59. The van der Waals surface area contributed by atoms with Crippen LogP contribution in [0.5, 0.6) is 0 Å². The maximum atomic E-state index is 2.26. The van der Waals surface area contributed by atoms with Crippen LogP contribution in [0.15, 0.2) is 60.7 Å². The first-order valence-electron chi connectivity index (χ1n) is 8.30. The van der Waals surface area contributed by atoms with Gasteiger partial charge in [0.2, 0.25) is 0 Å². The Morgan fingerprint density at radius 3 is 1.55 bits per heavy atom. The zero-order valence-corrected chi connectivity index (χ0v) is 14.8. The van der Waals surface area contributed by atoms with Crippen LogP contribution in [0.3, 0.4) is 0 Å². The van der Waals surface area contributed by atoms with Crippen molar-refractivity contribution >= 4 is 10.8 Å². The largest absolute Gasteiger partial charge is 0.0683 e. The highest BCUT2D eigenvalue weighted by atomic mass is 14.0. The van der Waals surface area contributed by atoms with E-state index in [1.807, 2.05) is 27.7 Å². The molecule has 0 atom stereocenters. The predicted octanol–water partition coefficient (Wildman–Crippen LogP) is 7.18. The van der Waals surface area contributed by atoms with Gasteiger partial charge in [0, 0.05) is 0 Å². The smallest absolute Gasteiger partial charge is 0.0178 e. The topological polar surface area (TPSA) is 0 Å². The second kappa shape index (κ2) is 9.04. The van der Waals surface area contributed by atoms with Crippen LogP contribution >= 0.6 is 0 Å². The van der Waals surface area contributed by atoms with Gasteiger partial charge in [0.15, 0.2) is 0 Å². The second-order valence-corrected chi connectivity index (χ2v) is 4.93. The van der Waals surface area contributed by atoms with Crippen LogP contribution < -0.4 is 0 Å². The molecule has 0 fully saturated rings. The highest BCUT2D eigenvalue weighted by Gasteiger charge is 1.99. The molecule has 0 heterocycles. The maximum Gasteiger partial charge on any atom is -0.0178 e. The number of rotatable bonds is 1. The molecule has 0 unspecified atom stereocenters. The minimum atomic E-state index is 1.28. The van der Waals surface area contributed by atoms with E-state index in [4.69, 9.17) is 0 Å². The minimum Gasteiger partial charge on any atom is -0.0683 e. The fourth-order valence-electron chi connectivity index (χ4n) is 2.29. The molecule has 0 saturated heterocycles. The molecule has 0 amide bonds. The lowest BCUT2D eigenvalue weighted by Gasteiger charge is -2.05. The van der Waals surface area contributed by atoms with Crippen LogP contribution in [0.4, 0.5) is 0 Å². The van der Waals surface area contributed by atoms with Crippen LogP contribution in [0.1, 0.15) is 38.8 Å². The van der Waals surface area contributed by atoms with E-state index in [0.29, 0.717) is 0 Å². The van der Waals surface area contributed by atoms with Gasteiger partial charge in [0.1, 0.15) is 0 Å². The maximum absolute atomic E-state index is 2.26. The Hall–Kier alpha value is -2.08. The number of benzene rings is 3. The normalized spacial score (nSPS) is 9.36. The van der Waals surface area contributed by atoms with Crippen molar-refractivity contribution < 1.29 is 0 Å². The van der Waals surface area contributed by atoms with E-state index in [9.17, 15) is 0 Å². The standard InChI is InChI=1S/C18H16.2C2H6/c1-13-3-6-15(7-4-13)17-10-9-16-11-14(2)5-8-18(16)12-17;2*1-2/h3-12H,1-2H3;2*1-2H3. The Labute approximate surface area is 135 Å². The highest BCUT2D eigenvalue weighted by Crippen LogP contribution is 2.25. The van der Waals surface area contributed by atoms with Gasteiger partial charge >= 0.3 is 0 Å². The van der Waals surface area contributed by atoms with Gasteiger partial charge in [-0.1, -0.05) is 93.4 Å². The summed E-state index contributed by atoms with van der Waals surface area (Å²) in [5.41, 5.74) is 5.18. The third-order valence-corrected chi connectivity index (χ3v) is 3.38. The van der Waals surface area contributed by atoms with Gasteiger partial charge in [0.25, 0.3) is 0 Å². The Bertz CT molecular complexity index is 691. The van der Waals surface area contributed by atoms with Gasteiger partial charge in [0.05, 0.1) is 0 Å². The fraction of sp³-hybridized carbons (Fsp3) is 0.273. The Morgan fingerprint density at radius 1 is 0.455 bits per heavy atom. The molecule has 0 nitrogen and oxygen atoms in total. The molecule has 0 spiro atoms. The van der Waals surface area contributed by atoms with Crippen LogP contribution in [0, 0.1) is 13.8 Å². The summed E-state index contributed by atoms with van der Waals surface area (Å²) in [7, 11) is 0. The summed E-state index contributed by atoms with van der Waals surface area (Å²) >= 11 is 0. The van der Waals surface area contributed by atoms with E-state index in [0.717, 1.165) is 0 Å². The number of aryl methyl sites for hydroxylation is 2. The van der Waals surface area contributed by atoms with Crippen molar-refractivity contribution in [2.24, 2.45) is 0 Å². The van der Waals surface area contributed by atoms with E-state index in [-0.39, 0.29) is 0 Å². The number of hydrogen-bond donors (Lipinski definition) is 0. The Balaban J connectivity index is 0.000000561. The van der Waals surface area contributed by atoms with Crippen molar-refractivity contribution in [3.05, 3.63) is 71.8 Å². The second-order valence-electron chi connectivity index (χ2n) is 4.93. The van der Waals surface area contributed by atoms with Gasteiger partial charge in [-0.3, -0.25) is 0 Å². The van der Waals surface area contributed by atoms with E-state index in [1.54, 1.807) is 0 Å². The quantitative estimate of drug-likeness (QED) is 0.445. The summed E-state index contributed by atoms with van der Waals surface area (Å²) in [4.78, 5) is 0. The molecular formula is C22H28. The van der Waals surface area contributed by atoms with E-state index in [1.165, 1.54) is 33.0 Å². The van der Waals surface area contributed by atoms with Crippen molar-refractivity contribution in [2.45, 2.75) is 41.5 Å². The zero-order valence-electron chi connectivity index (χ0n) is 14.8.